The molecule has 1 N–H and O–H groups in total. The summed E-state index contributed by atoms with van der Waals surface area (Å²) in [5.74, 6) is 0.973. The molecule has 23 heavy (non-hydrogen) atoms. The number of carbonyl (C=O) groups is 1. The molecule has 2 heterocycles. The minimum atomic E-state index is -0.375. The van der Waals surface area contributed by atoms with Gasteiger partial charge in [-0.25, -0.2) is 0 Å². The zero-order valence-electron chi connectivity index (χ0n) is 12.0. The molecule has 0 fully saturated rings. The van der Waals surface area contributed by atoms with Crippen molar-refractivity contribution in [2.75, 3.05) is 18.5 Å². The highest BCUT2D eigenvalue weighted by Gasteiger charge is 2.18. The minimum Gasteiger partial charge on any atom is -0.486 e. The number of benzene rings is 2. The zero-order chi connectivity index (χ0) is 15.8. The lowest BCUT2D eigenvalue weighted by molar-refractivity contribution is 0.0998. The summed E-state index contributed by atoms with van der Waals surface area (Å²) >= 11 is 6.19. The van der Waals surface area contributed by atoms with Gasteiger partial charge in [-0.1, -0.05) is 29.8 Å². The van der Waals surface area contributed by atoms with E-state index >= 15 is 0 Å². The molecule has 0 aliphatic carbocycles. The van der Waals surface area contributed by atoms with Gasteiger partial charge in [0.25, 0.3) is 5.91 Å². The summed E-state index contributed by atoms with van der Waals surface area (Å²) in [5.41, 5.74) is 1.10. The van der Waals surface area contributed by atoms with Gasteiger partial charge in [0.15, 0.2) is 17.3 Å². The van der Waals surface area contributed by atoms with E-state index in [4.69, 9.17) is 25.5 Å². The maximum Gasteiger partial charge on any atom is 0.291 e. The van der Waals surface area contributed by atoms with Crippen LogP contribution in [0.2, 0.25) is 5.02 Å². The molecule has 0 radical (unpaired) electrons. The lowest BCUT2D eigenvalue weighted by atomic mass is 10.2. The van der Waals surface area contributed by atoms with Crippen molar-refractivity contribution in [2.45, 2.75) is 0 Å². The number of amides is 1. The van der Waals surface area contributed by atoms with Crippen LogP contribution in [0, 0.1) is 0 Å². The third kappa shape index (κ3) is 2.59. The largest absolute Gasteiger partial charge is 0.486 e. The molecule has 5 nitrogen and oxygen atoms in total. The summed E-state index contributed by atoms with van der Waals surface area (Å²) in [4.78, 5) is 12.4. The van der Waals surface area contributed by atoms with Crippen LogP contribution in [0.3, 0.4) is 0 Å². The molecule has 6 heteroatoms. The normalized spacial score (nSPS) is 13.1. The Morgan fingerprint density at radius 3 is 2.57 bits per heavy atom. The minimum absolute atomic E-state index is 0.220. The van der Waals surface area contributed by atoms with Crippen molar-refractivity contribution in [2.24, 2.45) is 0 Å². The quantitative estimate of drug-likeness (QED) is 0.768. The summed E-state index contributed by atoms with van der Waals surface area (Å²) in [7, 11) is 0. The monoisotopic (exact) mass is 329 g/mol. The molecule has 1 amide bonds. The predicted octanol–water partition coefficient (Wildman–Crippen LogP) is 4.11. The van der Waals surface area contributed by atoms with Crippen molar-refractivity contribution in [1.82, 2.24) is 0 Å². The fourth-order valence-electron chi connectivity index (χ4n) is 2.44. The number of nitrogens with one attached hydrogen (secondary N) is 1. The Hall–Kier alpha value is -2.66. The number of hydrogen-bond acceptors (Lipinski definition) is 4. The smallest absolute Gasteiger partial charge is 0.291 e. The number of ether oxygens (including phenoxy) is 2. The van der Waals surface area contributed by atoms with Crippen LogP contribution in [0.1, 0.15) is 10.6 Å². The van der Waals surface area contributed by atoms with Gasteiger partial charge in [0.2, 0.25) is 0 Å². The topological polar surface area (TPSA) is 60.7 Å². The summed E-state index contributed by atoms with van der Waals surface area (Å²) < 4.78 is 16.5. The Kier molecular flexibility index (Phi) is 3.35. The Balaban J connectivity index is 1.63. The molecule has 0 saturated heterocycles. The Bertz CT molecular complexity index is 870. The van der Waals surface area contributed by atoms with Crippen LogP contribution in [0.5, 0.6) is 11.5 Å². The number of fused-ring (bicyclic) bond motifs is 2. The Labute approximate surface area is 136 Å². The second-order valence-corrected chi connectivity index (χ2v) is 5.49. The van der Waals surface area contributed by atoms with Gasteiger partial charge in [-0.15, -0.1) is 0 Å². The fraction of sp³-hybridized carbons (Fsp3) is 0.118. The van der Waals surface area contributed by atoms with Crippen LogP contribution in [0.25, 0.3) is 11.0 Å². The molecule has 2 aromatic carbocycles. The van der Waals surface area contributed by atoms with Gasteiger partial charge in [-0.05, 0) is 12.1 Å². The molecule has 1 aromatic heterocycles. The molecule has 116 valence electrons. The molecular formula is C17H12ClNO4. The van der Waals surface area contributed by atoms with Crippen LogP contribution in [0.4, 0.5) is 5.69 Å². The first kappa shape index (κ1) is 14.0. The lowest BCUT2D eigenvalue weighted by Gasteiger charge is -2.19. The van der Waals surface area contributed by atoms with Crippen LogP contribution in [-0.2, 0) is 0 Å². The van der Waals surface area contributed by atoms with Crippen LogP contribution < -0.4 is 14.8 Å². The van der Waals surface area contributed by atoms with Crippen LogP contribution >= 0.6 is 11.6 Å². The number of carbonyl (C=O) groups excluding carboxylic acids is 1. The number of halogens is 1. The van der Waals surface area contributed by atoms with Gasteiger partial charge >= 0.3 is 0 Å². The number of furan rings is 1. The average Bonchev–Trinajstić information content (AvgIpc) is 3.00. The Morgan fingerprint density at radius 1 is 1.04 bits per heavy atom. The SMILES string of the molecule is O=C(Nc1cc2c(cc1Cl)OCCO2)c1cc2ccccc2o1. The molecule has 0 bridgehead atoms. The van der Waals surface area contributed by atoms with Crippen LogP contribution in [0.15, 0.2) is 46.9 Å². The predicted molar refractivity (Wildman–Crippen MR) is 86.6 cm³/mol. The van der Waals surface area contributed by atoms with Gasteiger partial charge < -0.3 is 19.2 Å². The summed E-state index contributed by atoms with van der Waals surface area (Å²) in [6.07, 6.45) is 0. The molecule has 4 rings (SSSR count). The van der Waals surface area contributed by atoms with E-state index in [2.05, 4.69) is 5.32 Å². The van der Waals surface area contributed by atoms with E-state index in [0.29, 0.717) is 41.0 Å². The van der Waals surface area contributed by atoms with E-state index in [1.54, 1.807) is 18.2 Å². The zero-order valence-corrected chi connectivity index (χ0v) is 12.7. The first-order chi connectivity index (χ1) is 11.2. The second kappa shape index (κ2) is 5.52. The molecule has 0 unspecified atom stereocenters. The molecule has 1 aliphatic heterocycles. The van der Waals surface area contributed by atoms with E-state index in [1.807, 2.05) is 24.3 Å². The van der Waals surface area contributed by atoms with Gasteiger partial charge in [0.05, 0.1) is 10.7 Å². The summed E-state index contributed by atoms with van der Waals surface area (Å²) in [6, 6.07) is 12.4. The van der Waals surface area contributed by atoms with Crippen molar-refractivity contribution in [1.29, 1.82) is 0 Å². The van der Waals surface area contributed by atoms with E-state index in [1.165, 1.54) is 0 Å². The standard InChI is InChI=1S/C17H12ClNO4/c18-11-8-14-15(22-6-5-21-14)9-12(11)19-17(20)16-7-10-3-1-2-4-13(10)23-16/h1-4,7-9H,5-6H2,(H,19,20). The molecule has 0 saturated carbocycles. The molecular weight excluding hydrogens is 318 g/mol. The van der Waals surface area contributed by atoms with E-state index < -0.39 is 0 Å². The van der Waals surface area contributed by atoms with Crippen LogP contribution in [-0.4, -0.2) is 19.1 Å². The van der Waals surface area contributed by atoms with Gasteiger partial charge in [0, 0.05) is 17.5 Å². The number of anilines is 1. The summed E-state index contributed by atoms with van der Waals surface area (Å²) in [6.45, 7) is 0.944. The van der Waals surface area contributed by atoms with Gasteiger partial charge in [0.1, 0.15) is 18.8 Å². The Morgan fingerprint density at radius 2 is 1.78 bits per heavy atom. The van der Waals surface area contributed by atoms with Gasteiger partial charge in [-0.2, -0.15) is 0 Å². The number of hydrogen-bond donors (Lipinski definition) is 1. The average molecular weight is 330 g/mol. The fourth-order valence-corrected chi connectivity index (χ4v) is 2.64. The molecule has 3 aromatic rings. The van der Waals surface area contributed by atoms with Crippen molar-refractivity contribution in [3.05, 3.63) is 53.2 Å². The van der Waals surface area contributed by atoms with E-state index in [-0.39, 0.29) is 11.7 Å². The highest BCUT2D eigenvalue weighted by molar-refractivity contribution is 6.34. The van der Waals surface area contributed by atoms with Crippen molar-refractivity contribution in [3.8, 4) is 11.5 Å². The third-order valence-corrected chi connectivity index (χ3v) is 3.84. The van der Waals surface area contributed by atoms with E-state index in [9.17, 15) is 4.79 Å². The first-order valence-electron chi connectivity index (χ1n) is 7.10. The molecule has 1 aliphatic rings. The number of rotatable bonds is 2. The van der Waals surface area contributed by atoms with Crippen molar-refractivity contribution in [3.63, 3.8) is 0 Å². The lowest BCUT2D eigenvalue weighted by Crippen LogP contribution is -2.16. The van der Waals surface area contributed by atoms with Crippen molar-refractivity contribution < 1.29 is 18.7 Å². The highest BCUT2D eigenvalue weighted by atomic mass is 35.5. The van der Waals surface area contributed by atoms with Gasteiger partial charge in [-0.3, -0.25) is 4.79 Å². The maximum atomic E-state index is 12.4. The highest BCUT2D eigenvalue weighted by Crippen LogP contribution is 2.38. The first-order valence-corrected chi connectivity index (χ1v) is 7.47. The third-order valence-electron chi connectivity index (χ3n) is 3.53. The van der Waals surface area contributed by atoms with E-state index in [0.717, 1.165) is 5.39 Å². The molecule has 0 spiro atoms. The second-order valence-electron chi connectivity index (χ2n) is 5.08. The van der Waals surface area contributed by atoms with Crippen molar-refractivity contribution >= 4 is 34.2 Å². The number of para-hydroxylation sites is 1. The maximum absolute atomic E-state index is 12.4. The summed E-state index contributed by atoms with van der Waals surface area (Å²) in [5, 5.41) is 3.98. The molecule has 0 atom stereocenters.